The number of rotatable bonds is 7. The largest absolute Gasteiger partial charge is 0.478 e. The van der Waals surface area contributed by atoms with E-state index in [0.717, 1.165) is 5.56 Å². The van der Waals surface area contributed by atoms with Gasteiger partial charge in [0.2, 0.25) is 5.91 Å². The quantitative estimate of drug-likeness (QED) is 0.786. The van der Waals surface area contributed by atoms with Gasteiger partial charge in [-0.15, -0.1) is 0 Å². The maximum atomic E-state index is 11.6. The van der Waals surface area contributed by atoms with E-state index in [0.29, 0.717) is 19.6 Å². The molecule has 1 aromatic carbocycles. The van der Waals surface area contributed by atoms with E-state index in [1.54, 1.807) is 25.3 Å². The minimum atomic E-state index is -0.970. The molecular weight excluding hydrogens is 246 g/mol. The number of hydrogen-bond acceptors (Lipinski definition) is 3. The van der Waals surface area contributed by atoms with E-state index in [2.05, 4.69) is 5.32 Å². The highest BCUT2D eigenvalue weighted by atomic mass is 16.5. The lowest BCUT2D eigenvalue weighted by atomic mass is 10.1. The number of benzene rings is 1. The fourth-order valence-corrected chi connectivity index (χ4v) is 1.75. The third kappa shape index (κ3) is 5.52. The fourth-order valence-electron chi connectivity index (χ4n) is 1.75. The molecule has 0 heterocycles. The van der Waals surface area contributed by atoms with Gasteiger partial charge in [0, 0.05) is 26.7 Å². The van der Waals surface area contributed by atoms with Crippen LogP contribution >= 0.6 is 0 Å². The van der Waals surface area contributed by atoms with Crippen molar-refractivity contribution in [2.45, 2.75) is 19.9 Å². The predicted molar refractivity (Wildman–Crippen MR) is 70.9 cm³/mol. The summed E-state index contributed by atoms with van der Waals surface area (Å²) in [7, 11) is 1.60. The molecule has 0 aromatic heterocycles. The monoisotopic (exact) mass is 265 g/mol. The average Bonchev–Trinajstić information content (AvgIpc) is 2.37. The van der Waals surface area contributed by atoms with Crippen molar-refractivity contribution in [2.24, 2.45) is 5.92 Å². The molecule has 0 bridgehead atoms. The van der Waals surface area contributed by atoms with Gasteiger partial charge < -0.3 is 15.2 Å². The number of amides is 1. The Morgan fingerprint density at radius 1 is 1.42 bits per heavy atom. The molecule has 0 aliphatic carbocycles. The highest BCUT2D eigenvalue weighted by Gasteiger charge is 2.09. The standard InChI is InChI=1S/C14H19NO4/c1-10(9-19-2)6-13(16)15-8-11-4-3-5-12(7-11)14(17)18/h3-5,7,10H,6,8-9H2,1-2H3,(H,15,16)(H,17,18). The van der Waals surface area contributed by atoms with E-state index in [9.17, 15) is 9.59 Å². The Morgan fingerprint density at radius 3 is 2.79 bits per heavy atom. The van der Waals surface area contributed by atoms with E-state index >= 15 is 0 Å². The maximum Gasteiger partial charge on any atom is 0.335 e. The Morgan fingerprint density at radius 2 is 2.16 bits per heavy atom. The second-order valence-corrected chi connectivity index (χ2v) is 4.55. The van der Waals surface area contributed by atoms with E-state index in [1.807, 2.05) is 6.92 Å². The molecule has 1 rings (SSSR count). The average molecular weight is 265 g/mol. The molecule has 1 amide bonds. The van der Waals surface area contributed by atoms with Crippen LogP contribution in [0.3, 0.4) is 0 Å². The van der Waals surface area contributed by atoms with Crippen molar-refractivity contribution in [2.75, 3.05) is 13.7 Å². The summed E-state index contributed by atoms with van der Waals surface area (Å²) in [5.41, 5.74) is 0.993. The molecule has 0 radical (unpaired) electrons. The first kappa shape index (κ1) is 15.2. The van der Waals surface area contributed by atoms with Gasteiger partial charge in [-0.25, -0.2) is 4.79 Å². The number of hydrogen-bond donors (Lipinski definition) is 2. The van der Waals surface area contributed by atoms with Crippen molar-refractivity contribution in [3.05, 3.63) is 35.4 Å². The SMILES string of the molecule is COCC(C)CC(=O)NCc1cccc(C(=O)O)c1. The van der Waals surface area contributed by atoms with Gasteiger partial charge in [-0.1, -0.05) is 19.1 Å². The minimum absolute atomic E-state index is 0.0646. The molecule has 1 unspecified atom stereocenters. The number of aromatic carboxylic acids is 1. The zero-order valence-corrected chi connectivity index (χ0v) is 11.2. The normalized spacial score (nSPS) is 11.9. The molecule has 1 aromatic rings. The topological polar surface area (TPSA) is 75.6 Å². The number of ether oxygens (including phenoxy) is 1. The van der Waals surface area contributed by atoms with E-state index in [-0.39, 0.29) is 17.4 Å². The van der Waals surface area contributed by atoms with Crippen LogP contribution in [0.5, 0.6) is 0 Å². The van der Waals surface area contributed by atoms with Crippen LogP contribution in [0.25, 0.3) is 0 Å². The summed E-state index contributed by atoms with van der Waals surface area (Å²) < 4.78 is 4.96. The van der Waals surface area contributed by atoms with Crippen molar-refractivity contribution in [3.8, 4) is 0 Å². The van der Waals surface area contributed by atoms with Gasteiger partial charge in [-0.05, 0) is 23.6 Å². The van der Waals surface area contributed by atoms with Crippen LogP contribution in [-0.2, 0) is 16.1 Å². The smallest absolute Gasteiger partial charge is 0.335 e. The summed E-state index contributed by atoms with van der Waals surface area (Å²) in [5.74, 6) is -0.873. The van der Waals surface area contributed by atoms with Crippen LogP contribution < -0.4 is 5.32 Å². The van der Waals surface area contributed by atoms with E-state index < -0.39 is 5.97 Å². The zero-order valence-electron chi connectivity index (χ0n) is 11.2. The molecule has 0 aliphatic heterocycles. The first-order chi connectivity index (χ1) is 9.02. The lowest BCUT2D eigenvalue weighted by molar-refractivity contribution is -0.122. The van der Waals surface area contributed by atoms with Crippen LogP contribution in [0.15, 0.2) is 24.3 Å². The molecule has 0 saturated carbocycles. The van der Waals surface area contributed by atoms with Gasteiger partial charge in [0.15, 0.2) is 0 Å². The number of methoxy groups -OCH3 is 1. The van der Waals surface area contributed by atoms with Crippen LogP contribution in [0.1, 0.15) is 29.3 Å². The Balaban J connectivity index is 2.46. The van der Waals surface area contributed by atoms with Crippen LogP contribution in [0.2, 0.25) is 0 Å². The summed E-state index contributed by atoms with van der Waals surface area (Å²) in [5, 5.41) is 11.6. The van der Waals surface area contributed by atoms with Crippen LogP contribution in [0, 0.1) is 5.92 Å². The Kier molecular flexibility index (Phi) is 6.02. The van der Waals surface area contributed by atoms with Crippen molar-refractivity contribution in [1.82, 2.24) is 5.32 Å². The summed E-state index contributed by atoms with van der Waals surface area (Å²) in [6, 6.07) is 6.53. The van der Waals surface area contributed by atoms with Crippen molar-refractivity contribution >= 4 is 11.9 Å². The van der Waals surface area contributed by atoms with E-state index in [4.69, 9.17) is 9.84 Å². The summed E-state index contributed by atoms with van der Waals surface area (Å²) in [4.78, 5) is 22.4. The number of carbonyl (C=O) groups is 2. The second-order valence-electron chi connectivity index (χ2n) is 4.55. The molecular formula is C14H19NO4. The highest BCUT2D eigenvalue weighted by Crippen LogP contribution is 2.06. The molecule has 19 heavy (non-hydrogen) atoms. The van der Waals surface area contributed by atoms with Gasteiger partial charge in [-0.3, -0.25) is 4.79 Å². The summed E-state index contributed by atoms with van der Waals surface area (Å²) in [6.45, 7) is 2.82. The van der Waals surface area contributed by atoms with Crippen molar-refractivity contribution < 1.29 is 19.4 Å². The summed E-state index contributed by atoms with van der Waals surface area (Å²) in [6.07, 6.45) is 0.395. The summed E-state index contributed by atoms with van der Waals surface area (Å²) >= 11 is 0. The number of carbonyl (C=O) groups excluding carboxylic acids is 1. The Bertz CT molecular complexity index is 445. The fraction of sp³-hybridized carbons (Fsp3) is 0.429. The van der Waals surface area contributed by atoms with E-state index in [1.165, 1.54) is 6.07 Å². The lowest BCUT2D eigenvalue weighted by Crippen LogP contribution is -2.25. The molecule has 1 atom stereocenters. The predicted octanol–water partition coefficient (Wildman–Crippen LogP) is 1.67. The molecule has 5 nitrogen and oxygen atoms in total. The third-order valence-electron chi connectivity index (χ3n) is 2.65. The molecule has 0 fully saturated rings. The Hall–Kier alpha value is -1.88. The minimum Gasteiger partial charge on any atom is -0.478 e. The van der Waals surface area contributed by atoms with Gasteiger partial charge >= 0.3 is 5.97 Å². The maximum absolute atomic E-state index is 11.6. The zero-order chi connectivity index (χ0) is 14.3. The number of nitrogens with one attached hydrogen (secondary N) is 1. The van der Waals surface area contributed by atoms with Gasteiger partial charge in [0.25, 0.3) is 0 Å². The van der Waals surface area contributed by atoms with Crippen LogP contribution in [-0.4, -0.2) is 30.7 Å². The van der Waals surface area contributed by atoms with Crippen LogP contribution in [0.4, 0.5) is 0 Å². The lowest BCUT2D eigenvalue weighted by Gasteiger charge is -2.10. The first-order valence-corrected chi connectivity index (χ1v) is 6.10. The molecule has 2 N–H and O–H groups in total. The molecule has 0 aliphatic rings. The number of carboxylic acids is 1. The number of carboxylic acid groups (broad SMARTS) is 1. The molecule has 0 spiro atoms. The highest BCUT2D eigenvalue weighted by molar-refractivity contribution is 5.87. The second kappa shape index (κ2) is 7.53. The van der Waals surface area contributed by atoms with Crippen molar-refractivity contribution in [1.29, 1.82) is 0 Å². The molecule has 0 saturated heterocycles. The van der Waals surface area contributed by atoms with Gasteiger partial charge in [0.1, 0.15) is 0 Å². The third-order valence-corrected chi connectivity index (χ3v) is 2.65. The molecule has 5 heteroatoms. The van der Waals surface area contributed by atoms with Gasteiger partial charge in [-0.2, -0.15) is 0 Å². The Labute approximate surface area is 112 Å². The van der Waals surface area contributed by atoms with Crippen molar-refractivity contribution in [3.63, 3.8) is 0 Å². The van der Waals surface area contributed by atoms with Gasteiger partial charge in [0.05, 0.1) is 5.56 Å². The first-order valence-electron chi connectivity index (χ1n) is 6.10. The molecule has 104 valence electrons.